The second kappa shape index (κ2) is 8.66. The Bertz CT molecular complexity index is 785. The Morgan fingerprint density at radius 2 is 1.93 bits per heavy atom. The van der Waals surface area contributed by atoms with Gasteiger partial charge >= 0.3 is 0 Å². The zero-order valence-electron chi connectivity index (χ0n) is 15.3. The summed E-state index contributed by atoms with van der Waals surface area (Å²) in [4.78, 5) is 18.8. The number of anilines is 2. The quantitative estimate of drug-likeness (QED) is 0.342. The van der Waals surface area contributed by atoms with Crippen LogP contribution in [0.25, 0.3) is 0 Å². The number of rotatable bonds is 5. The number of carbonyl (C=O) groups excluding carboxylic acids is 1. The zero-order chi connectivity index (χ0) is 20.3. The fraction of sp³-hybridized carbons (Fsp3) is 0.625. The van der Waals surface area contributed by atoms with Crippen LogP contribution >= 0.6 is 0 Å². The Kier molecular flexibility index (Phi) is 6.45. The summed E-state index contributed by atoms with van der Waals surface area (Å²) in [5.41, 5.74) is 12.8. The van der Waals surface area contributed by atoms with Crippen molar-refractivity contribution >= 4 is 27.1 Å². The van der Waals surface area contributed by atoms with Gasteiger partial charge in [-0.15, -0.1) is 0 Å². The predicted octanol–water partition coefficient (Wildman–Crippen LogP) is -2.03. The van der Waals surface area contributed by atoms with E-state index in [4.69, 9.17) is 11.5 Å². The molecule has 156 valence electrons. The lowest BCUT2D eigenvalue weighted by Gasteiger charge is -2.35. The van der Waals surface area contributed by atoms with Gasteiger partial charge in [0.05, 0.1) is 47.3 Å². The Balaban J connectivity index is 1.74. The molecule has 1 aromatic rings. The highest BCUT2D eigenvalue weighted by Gasteiger charge is 2.35. The maximum Gasteiger partial charge on any atom is 0.233 e. The van der Waals surface area contributed by atoms with Crippen molar-refractivity contribution in [2.24, 2.45) is 17.4 Å². The average Bonchev–Trinajstić information content (AvgIpc) is 2.64. The van der Waals surface area contributed by atoms with E-state index in [1.807, 2.05) is 4.90 Å². The van der Waals surface area contributed by atoms with Gasteiger partial charge in [0, 0.05) is 32.4 Å². The average molecular weight is 415 g/mol. The van der Waals surface area contributed by atoms with E-state index in [-0.39, 0.29) is 24.6 Å². The van der Waals surface area contributed by atoms with Crippen molar-refractivity contribution in [1.29, 1.82) is 0 Å². The van der Waals surface area contributed by atoms with Crippen LogP contribution in [-0.4, -0.2) is 75.5 Å². The van der Waals surface area contributed by atoms with Crippen molar-refractivity contribution in [1.82, 2.24) is 15.6 Å². The smallest absolute Gasteiger partial charge is 0.233 e. The molecule has 0 radical (unpaired) electrons. The lowest BCUT2D eigenvalue weighted by molar-refractivity contribution is -0.122. The molecular weight excluding hydrogens is 389 g/mol. The molecule has 0 bridgehead atoms. The molecule has 2 aliphatic heterocycles. The SMILES string of the molecule is NC(N)C(C(=O)Nc1cnccc1N1CCS(=O)(=O)CC1)C1NCC(F)CN1. The minimum Gasteiger partial charge on any atom is -0.368 e. The minimum absolute atomic E-state index is 0.0549. The molecule has 0 aliphatic carbocycles. The van der Waals surface area contributed by atoms with Gasteiger partial charge in [-0.3, -0.25) is 20.4 Å². The molecule has 2 fully saturated rings. The molecule has 28 heavy (non-hydrogen) atoms. The molecule has 1 amide bonds. The third-order valence-electron chi connectivity index (χ3n) is 4.94. The van der Waals surface area contributed by atoms with Crippen LogP contribution in [0.5, 0.6) is 0 Å². The van der Waals surface area contributed by atoms with E-state index in [1.165, 1.54) is 6.20 Å². The van der Waals surface area contributed by atoms with E-state index in [0.717, 1.165) is 0 Å². The van der Waals surface area contributed by atoms with E-state index in [1.54, 1.807) is 12.3 Å². The molecule has 1 unspecified atom stereocenters. The number of pyridine rings is 1. The van der Waals surface area contributed by atoms with Crippen molar-refractivity contribution < 1.29 is 17.6 Å². The summed E-state index contributed by atoms with van der Waals surface area (Å²) in [6.45, 7) is 0.875. The van der Waals surface area contributed by atoms with Crippen LogP contribution in [0, 0.1) is 5.92 Å². The van der Waals surface area contributed by atoms with Crippen LogP contribution < -0.4 is 32.3 Å². The first-order valence-electron chi connectivity index (χ1n) is 9.09. The van der Waals surface area contributed by atoms with Crippen molar-refractivity contribution in [3.8, 4) is 0 Å². The van der Waals surface area contributed by atoms with Crippen molar-refractivity contribution in [3.63, 3.8) is 0 Å². The van der Waals surface area contributed by atoms with Gasteiger partial charge in [0.15, 0.2) is 9.84 Å². The number of halogens is 1. The number of hydrogen-bond acceptors (Lipinski definition) is 9. The predicted molar refractivity (Wildman–Crippen MR) is 104 cm³/mol. The van der Waals surface area contributed by atoms with E-state index >= 15 is 0 Å². The number of nitrogens with one attached hydrogen (secondary N) is 3. The second-order valence-corrected chi connectivity index (χ2v) is 9.32. The maximum atomic E-state index is 13.3. The van der Waals surface area contributed by atoms with Gasteiger partial charge in [0.2, 0.25) is 5.91 Å². The Morgan fingerprint density at radius 3 is 2.54 bits per heavy atom. The van der Waals surface area contributed by atoms with Gasteiger partial charge in [0.1, 0.15) is 6.17 Å². The molecule has 1 atom stereocenters. The third kappa shape index (κ3) is 4.94. The molecule has 2 aliphatic rings. The van der Waals surface area contributed by atoms with Gasteiger partial charge in [-0.05, 0) is 6.07 Å². The zero-order valence-corrected chi connectivity index (χ0v) is 16.2. The number of nitrogens with two attached hydrogens (primary N) is 2. The normalized spacial score (nSPS) is 26.1. The van der Waals surface area contributed by atoms with E-state index < -0.39 is 40.2 Å². The van der Waals surface area contributed by atoms with Crippen LogP contribution in [0.4, 0.5) is 15.8 Å². The first-order chi connectivity index (χ1) is 13.3. The summed E-state index contributed by atoms with van der Waals surface area (Å²) < 4.78 is 36.7. The number of carbonyl (C=O) groups is 1. The number of nitrogens with zero attached hydrogens (tertiary/aromatic N) is 2. The third-order valence-corrected chi connectivity index (χ3v) is 6.55. The molecule has 1 aromatic heterocycles. The highest BCUT2D eigenvalue weighted by Crippen LogP contribution is 2.27. The largest absolute Gasteiger partial charge is 0.368 e. The Labute approximate surface area is 163 Å². The van der Waals surface area contributed by atoms with Crippen LogP contribution in [0.3, 0.4) is 0 Å². The highest BCUT2D eigenvalue weighted by atomic mass is 32.2. The lowest BCUT2D eigenvalue weighted by atomic mass is 9.99. The number of amides is 1. The van der Waals surface area contributed by atoms with Crippen molar-refractivity contribution in [2.75, 3.05) is 47.9 Å². The van der Waals surface area contributed by atoms with Crippen LogP contribution in [0.1, 0.15) is 0 Å². The monoisotopic (exact) mass is 415 g/mol. The van der Waals surface area contributed by atoms with Crippen LogP contribution in [0.2, 0.25) is 0 Å². The minimum atomic E-state index is -3.03. The first kappa shape index (κ1) is 20.9. The summed E-state index contributed by atoms with van der Waals surface area (Å²) in [5.74, 6) is -1.17. The van der Waals surface area contributed by atoms with Gasteiger partial charge in [-0.25, -0.2) is 12.8 Å². The van der Waals surface area contributed by atoms with Gasteiger partial charge in [0.25, 0.3) is 0 Å². The molecule has 3 heterocycles. The summed E-state index contributed by atoms with van der Waals surface area (Å²) in [6, 6.07) is 1.72. The lowest BCUT2D eigenvalue weighted by Crippen LogP contribution is -2.64. The van der Waals surface area contributed by atoms with Gasteiger partial charge in [-0.1, -0.05) is 0 Å². The topological polar surface area (TPSA) is 155 Å². The Hall–Kier alpha value is -1.86. The standard InChI is InChI=1S/C16H26FN7O3S/c17-10-7-21-15(22-8-10)13(14(18)19)16(25)23-11-9-20-2-1-12(11)24-3-5-28(26,27)6-4-24/h1-2,9-10,13-15,21-22H,3-8,18-19H2,(H,23,25). The highest BCUT2D eigenvalue weighted by molar-refractivity contribution is 7.91. The Morgan fingerprint density at radius 1 is 1.29 bits per heavy atom. The molecular formula is C16H26FN7O3S. The van der Waals surface area contributed by atoms with Crippen LogP contribution in [-0.2, 0) is 14.6 Å². The van der Waals surface area contributed by atoms with Crippen LogP contribution in [0.15, 0.2) is 18.5 Å². The van der Waals surface area contributed by atoms with Gasteiger partial charge < -0.3 is 21.7 Å². The number of sulfone groups is 1. The molecule has 7 N–H and O–H groups in total. The summed E-state index contributed by atoms with van der Waals surface area (Å²) in [7, 11) is -3.03. The van der Waals surface area contributed by atoms with Crippen molar-refractivity contribution in [3.05, 3.63) is 18.5 Å². The number of aromatic nitrogens is 1. The van der Waals surface area contributed by atoms with Crippen molar-refractivity contribution in [2.45, 2.75) is 18.5 Å². The second-order valence-electron chi connectivity index (χ2n) is 7.02. The molecule has 2 saturated heterocycles. The molecule has 3 rings (SSSR count). The summed E-state index contributed by atoms with van der Waals surface area (Å²) in [5, 5.41) is 8.60. The molecule has 12 heteroatoms. The first-order valence-corrected chi connectivity index (χ1v) is 10.9. The molecule has 0 spiro atoms. The maximum absolute atomic E-state index is 13.3. The fourth-order valence-corrected chi connectivity index (χ4v) is 4.59. The van der Waals surface area contributed by atoms with E-state index in [0.29, 0.717) is 24.5 Å². The van der Waals surface area contributed by atoms with Gasteiger partial charge in [-0.2, -0.15) is 0 Å². The number of alkyl halides is 1. The molecule has 0 saturated carbocycles. The number of hydrogen-bond donors (Lipinski definition) is 5. The summed E-state index contributed by atoms with van der Waals surface area (Å²) in [6.07, 6.45) is 0.489. The van der Waals surface area contributed by atoms with E-state index in [2.05, 4.69) is 20.9 Å². The van der Waals surface area contributed by atoms with E-state index in [9.17, 15) is 17.6 Å². The summed E-state index contributed by atoms with van der Waals surface area (Å²) >= 11 is 0. The fourth-order valence-electron chi connectivity index (χ4n) is 3.38. The molecule has 0 aromatic carbocycles. The molecule has 10 nitrogen and oxygen atoms in total.